The van der Waals surface area contributed by atoms with Crippen LogP contribution in [0.1, 0.15) is 18.6 Å². The fourth-order valence-electron chi connectivity index (χ4n) is 2.58. The van der Waals surface area contributed by atoms with E-state index in [9.17, 15) is 15.3 Å². The van der Waals surface area contributed by atoms with Gasteiger partial charge >= 0.3 is 0 Å². The van der Waals surface area contributed by atoms with Crippen LogP contribution in [-0.2, 0) is 4.74 Å². The molecule has 2 aromatic heterocycles. The van der Waals surface area contributed by atoms with Crippen LogP contribution in [0.4, 0.5) is 5.95 Å². The SMILES string of the molecule is C[C@@]1(O)[C@H](O)[C@@H](CO)O[C@H]1c1cc2ncnc(N)n2c1.Cl. The summed E-state index contributed by atoms with van der Waals surface area (Å²) in [6.07, 6.45) is 0.199. The Labute approximate surface area is 126 Å². The van der Waals surface area contributed by atoms with E-state index in [1.165, 1.54) is 13.3 Å². The van der Waals surface area contributed by atoms with Crippen LogP contribution < -0.4 is 5.73 Å². The Balaban J connectivity index is 0.00000161. The molecule has 0 bridgehead atoms. The lowest BCUT2D eigenvalue weighted by Crippen LogP contribution is -2.42. The van der Waals surface area contributed by atoms with Gasteiger partial charge in [0.25, 0.3) is 0 Å². The summed E-state index contributed by atoms with van der Waals surface area (Å²) in [5.74, 6) is 0.262. The summed E-state index contributed by atoms with van der Waals surface area (Å²) >= 11 is 0. The first-order valence-electron chi connectivity index (χ1n) is 6.20. The van der Waals surface area contributed by atoms with Gasteiger partial charge in [0, 0.05) is 11.8 Å². The third-order valence-corrected chi connectivity index (χ3v) is 3.72. The van der Waals surface area contributed by atoms with E-state index in [4.69, 9.17) is 10.5 Å². The maximum absolute atomic E-state index is 10.4. The summed E-state index contributed by atoms with van der Waals surface area (Å²) in [6.45, 7) is 1.10. The largest absolute Gasteiger partial charge is 0.394 e. The molecule has 21 heavy (non-hydrogen) atoms. The molecule has 1 fully saturated rings. The summed E-state index contributed by atoms with van der Waals surface area (Å²) in [5.41, 5.74) is 5.39. The monoisotopic (exact) mass is 316 g/mol. The first-order valence-corrected chi connectivity index (χ1v) is 6.20. The van der Waals surface area contributed by atoms with Crippen molar-refractivity contribution in [2.24, 2.45) is 0 Å². The first-order chi connectivity index (χ1) is 9.45. The second kappa shape index (κ2) is 5.39. The number of aliphatic hydroxyl groups is 3. The van der Waals surface area contributed by atoms with E-state index in [2.05, 4.69) is 9.97 Å². The van der Waals surface area contributed by atoms with Crippen LogP contribution in [0.15, 0.2) is 18.6 Å². The third kappa shape index (κ3) is 2.34. The Morgan fingerprint density at radius 1 is 1.48 bits per heavy atom. The maximum atomic E-state index is 10.4. The van der Waals surface area contributed by atoms with E-state index in [1.54, 1.807) is 16.7 Å². The number of aromatic nitrogens is 3. The summed E-state index contributed by atoms with van der Waals surface area (Å²) in [7, 11) is 0. The Morgan fingerprint density at radius 3 is 2.76 bits per heavy atom. The highest BCUT2D eigenvalue weighted by Gasteiger charge is 2.52. The summed E-state index contributed by atoms with van der Waals surface area (Å²) in [5, 5.41) is 29.6. The maximum Gasteiger partial charge on any atom is 0.207 e. The van der Waals surface area contributed by atoms with Crippen molar-refractivity contribution in [3.8, 4) is 0 Å². The number of ether oxygens (including phenoxy) is 1. The highest BCUT2D eigenvalue weighted by atomic mass is 35.5. The molecule has 1 saturated heterocycles. The summed E-state index contributed by atoms with van der Waals surface area (Å²) in [6, 6.07) is 1.70. The van der Waals surface area contributed by atoms with Crippen LogP contribution in [0.5, 0.6) is 0 Å². The predicted molar refractivity (Wildman–Crippen MR) is 76.0 cm³/mol. The number of nitrogens with two attached hydrogens (primary N) is 1. The van der Waals surface area contributed by atoms with Crippen LogP contribution >= 0.6 is 12.4 Å². The smallest absolute Gasteiger partial charge is 0.207 e. The van der Waals surface area contributed by atoms with Gasteiger partial charge in [-0.05, 0) is 13.0 Å². The van der Waals surface area contributed by atoms with Crippen molar-refractivity contribution in [1.82, 2.24) is 14.4 Å². The third-order valence-electron chi connectivity index (χ3n) is 3.72. The quantitative estimate of drug-likeness (QED) is 0.576. The van der Waals surface area contributed by atoms with Gasteiger partial charge in [-0.1, -0.05) is 0 Å². The number of anilines is 1. The molecule has 116 valence electrons. The molecule has 0 saturated carbocycles. The van der Waals surface area contributed by atoms with Crippen LogP contribution in [0.3, 0.4) is 0 Å². The minimum atomic E-state index is -1.51. The van der Waals surface area contributed by atoms with Crippen molar-refractivity contribution in [2.45, 2.75) is 30.8 Å². The lowest BCUT2D eigenvalue weighted by atomic mass is 9.90. The van der Waals surface area contributed by atoms with Gasteiger partial charge in [-0.15, -0.1) is 12.4 Å². The molecule has 2 aromatic rings. The fraction of sp³-hybridized carbons (Fsp3) is 0.500. The summed E-state index contributed by atoms with van der Waals surface area (Å²) in [4.78, 5) is 7.93. The molecule has 0 amide bonds. The fourth-order valence-corrected chi connectivity index (χ4v) is 2.58. The zero-order valence-corrected chi connectivity index (χ0v) is 12.1. The second-order valence-electron chi connectivity index (χ2n) is 5.14. The van der Waals surface area contributed by atoms with Gasteiger partial charge in [-0.2, -0.15) is 0 Å². The Morgan fingerprint density at radius 2 is 2.19 bits per heavy atom. The second-order valence-corrected chi connectivity index (χ2v) is 5.14. The molecule has 5 N–H and O–H groups in total. The lowest BCUT2D eigenvalue weighted by molar-refractivity contribution is -0.0645. The highest BCUT2D eigenvalue weighted by molar-refractivity contribution is 5.85. The molecule has 9 heteroatoms. The van der Waals surface area contributed by atoms with Crippen LogP contribution in [0.25, 0.3) is 5.65 Å². The van der Waals surface area contributed by atoms with E-state index in [1.807, 2.05) is 0 Å². The normalized spacial score (nSPS) is 32.3. The number of hydrogen-bond acceptors (Lipinski definition) is 7. The topological polar surface area (TPSA) is 126 Å². The Bertz CT molecular complexity index is 647. The van der Waals surface area contributed by atoms with Gasteiger partial charge < -0.3 is 25.8 Å². The number of rotatable bonds is 2. The van der Waals surface area contributed by atoms with Gasteiger partial charge in [0.15, 0.2) is 0 Å². The van der Waals surface area contributed by atoms with Crippen molar-refractivity contribution in [2.75, 3.05) is 12.3 Å². The molecule has 0 aliphatic carbocycles. The molecular weight excluding hydrogens is 300 g/mol. The van der Waals surface area contributed by atoms with Crippen molar-refractivity contribution >= 4 is 24.0 Å². The molecule has 1 aliphatic rings. The van der Waals surface area contributed by atoms with E-state index in [0.29, 0.717) is 11.2 Å². The molecule has 0 spiro atoms. The minimum Gasteiger partial charge on any atom is -0.394 e. The van der Waals surface area contributed by atoms with Gasteiger partial charge in [-0.25, -0.2) is 9.97 Å². The van der Waals surface area contributed by atoms with E-state index >= 15 is 0 Å². The van der Waals surface area contributed by atoms with Crippen LogP contribution in [0, 0.1) is 0 Å². The Hall–Kier alpha value is -1.45. The molecule has 3 heterocycles. The number of aliphatic hydroxyl groups excluding tert-OH is 2. The average Bonchev–Trinajstić information content (AvgIpc) is 2.92. The number of hydrogen-bond donors (Lipinski definition) is 4. The van der Waals surface area contributed by atoms with Gasteiger partial charge in [0.1, 0.15) is 35.9 Å². The van der Waals surface area contributed by atoms with E-state index in [0.717, 1.165) is 0 Å². The van der Waals surface area contributed by atoms with Crippen molar-refractivity contribution in [3.63, 3.8) is 0 Å². The standard InChI is InChI=1S/C12H16N4O4.ClH/c1-12(19)9(18)7(4-17)20-10(12)6-2-8-14-5-15-11(13)16(8)3-6;/h2-3,5,7,9-10,17-19H,4H2,1H3,(H2,13,14,15);1H/t7-,9-,10+,12-;/m1./s1. The average molecular weight is 317 g/mol. The van der Waals surface area contributed by atoms with Gasteiger partial charge in [0.2, 0.25) is 5.95 Å². The highest BCUT2D eigenvalue weighted by Crippen LogP contribution is 2.41. The van der Waals surface area contributed by atoms with Crippen LogP contribution in [0.2, 0.25) is 0 Å². The molecule has 4 atom stereocenters. The number of halogens is 1. The number of nitrogens with zero attached hydrogens (tertiary/aromatic N) is 3. The van der Waals surface area contributed by atoms with E-state index < -0.39 is 23.9 Å². The van der Waals surface area contributed by atoms with Crippen molar-refractivity contribution < 1.29 is 20.1 Å². The molecule has 1 aliphatic heterocycles. The molecular formula is C12H17ClN4O4. The van der Waals surface area contributed by atoms with Crippen molar-refractivity contribution in [3.05, 3.63) is 24.2 Å². The zero-order valence-electron chi connectivity index (χ0n) is 11.2. The first kappa shape index (κ1) is 15.9. The molecule has 0 unspecified atom stereocenters. The summed E-state index contributed by atoms with van der Waals surface area (Å²) < 4.78 is 7.10. The van der Waals surface area contributed by atoms with Crippen molar-refractivity contribution in [1.29, 1.82) is 0 Å². The molecule has 0 radical (unpaired) electrons. The minimum absolute atomic E-state index is 0. The Kier molecular flexibility index (Phi) is 4.09. The lowest BCUT2D eigenvalue weighted by Gasteiger charge is -2.25. The predicted octanol–water partition coefficient (Wildman–Crippen LogP) is -0.723. The van der Waals surface area contributed by atoms with Gasteiger partial charge in [0.05, 0.1) is 6.61 Å². The van der Waals surface area contributed by atoms with Gasteiger partial charge in [-0.3, -0.25) is 4.40 Å². The van der Waals surface area contributed by atoms with E-state index in [-0.39, 0.29) is 25.0 Å². The molecule has 3 rings (SSSR count). The number of fused-ring (bicyclic) bond motifs is 1. The zero-order chi connectivity index (χ0) is 14.5. The number of nitrogen functional groups attached to an aromatic ring is 1. The molecule has 0 aromatic carbocycles. The molecule has 8 nitrogen and oxygen atoms in total. The van der Waals surface area contributed by atoms with Crippen LogP contribution in [-0.4, -0.2) is 54.1 Å².